The Hall–Kier alpha value is -0.630. The van der Waals surface area contributed by atoms with E-state index >= 15 is 0 Å². The number of fused-ring (bicyclic) bond motifs is 2. The second-order valence-corrected chi connectivity index (χ2v) is 3.24. The average molecular weight is 137 g/mol. The average Bonchev–Trinajstić information content (AvgIpc) is 2.46. The van der Waals surface area contributed by atoms with Gasteiger partial charge in [-0.05, 0) is 18.3 Å². The van der Waals surface area contributed by atoms with E-state index in [0.717, 1.165) is 12.7 Å². The number of aldehydes is 1. The van der Waals surface area contributed by atoms with Gasteiger partial charge in [0.15, 0.2) is 0 Å². The fraction of sp³-hybridized carbons (Fsp3) is 0.625. The van der Waals surface area contributed by atoms with Crippen molar-refractivity contribution in [1.29, 1.82) is 0 Å². The highest BCUT2D eigenvalue weighted by Gasteiger charge is 2.41. The van der Waals surface area contributed by atoms with Crippen LogP contribution in [-0.2, 0) is 4.79 Å². The molecule has 0 saturated heterocycles. The minimum absolute atomic E-state index is 0.104. The minimum Gasteiger partial charge on any atom is -0.327 e. The predicted octanol–water partition coefficient (Wildman–Crippen LogP) is 0.335. The van der Waals surface area contributed by atoms with Crippen LogP contribution in [0.25, 0.3) is 0 Å². The Balaban J connectivity index is 2.25. The molecule has 2 aliphatic carbocycles. The summed E-state index contributed by atoms with van der Waals surface area (Å²) in [7, 11) is 0. The minimum atomic E-state index is 0.104. The standard InChI is InChI=1S/C8H11NO/c9-8-6-2-1-5(3-6)7(8)4-10/h1-2,4-8H,3,9H2. The first-order valence-corrected chi connectivity index (χ1v) is 3.72. The van der Waals surface area contributed by atoms with Gasteiger partial charge in [0.2, 0.25) is 0 Å². The first-order valence-electron chi connectivity index (χ1n) is 3.72. The van der Waals surface area contributed by atoms with E-state index in [-0.39, 0.29) is 12.0 Å². The zero-order chi connectivity index (χ0) is 7.14. The van der Waals surface area contributed by atoms with Crippen molar-refractivity contribution >= 4 is 6.29 Å². The molecule has 2 aliphatic rings. The molecule has 0 heterocycles. The summed E-state index contributed by atoms with van der Waals surface area (Å²) in [5, 5.41) is 0. The van der Waals surface area contributed by atoms with E-state index in [2.05, 4.69) is 12.2 Å². The third-order valence-corrected chi connectivity index (χ3v) is 2.74. The van der Waals surface area contributed by atoms with E-state index in [1.165, 1.54) is 0 Å². The molecular formula is C8H11NO. The molecule has 0 spiro atoms. The van der Waals surface area contributed by atoms with Crippen molar-refractivity contribution in [3.05, 3.63) is 12.2 Å². The maximum absolute atomic E-state index is 10.5. The predicted molar refractivity (Wildman–Crippen MR) is 38.3 cm³/mol. The Morgan fingerprint density at radius 1 is 1.40 bits per heavy atom. The van der Waals surface area contributed by atoms with Gasteiger partial charge in [-0.3, -0.25) is 0 Å². The maximum atomic E-state index is 10.5. The van der Waals surface area contributed by atoms with Crippen molar-refractivity contribution < 1.29 is 4.79 Å². The SMILES string of the molecule is NC1C2C=CC(C2)C1C=O. The molecule has 4 atom stereocenters. The van der Waals surface area contributed by atoms with Crippen LogP contribution in [0.2, 0.25) is 0 Å². The van der Waals surface area contributed by atoms with Gasteiger partial charge >= 0.3 is 0 Å². The molecule has 4 unspecified atom stereocenters. The Morgan fingerprint density at radius 2 is 2.10 bits per heavy atom. The zero-order valence-corrected chi connectivity index (χ0v) is 5.73. The number of allylic oxidation sites excluding steroid dienone is 1. The van der Waals surface area contributed by atoms with Crippen molar-refractivity contribution in [1.82, 2.24) is 0 Å². The molecule has 1 saturated carbocycles. The number of hydrogen-bond acceptors (Lipinski definition) is 2. The molecule has 10 heavy (non-hydrogen) atoms. The molecular weight excluding hydrogens is 126 g/mol. The molecule has 0 amide bonds. The van der Waals surface area contributed by atoms with E-state index in [0.29, 0.717) is 11.8 Å². The van der Waals surface area contributed by atoms with Crippen LogP contribution in [0.3, 0.4) is 0 Å². The second-order valence-electron chi connectivity index (χ2n) is 3.24. The number of hydrogen-bond donors (Lipinski definition) is 1. The highest BCUT2D eigenvalue weighted by molar-refractivity contribution is 5.58. The lowest BCUT2D eigenvalue weighted by Gasteiger charge is -2.18. The van der Waals surface area contributed by atoms with Gasteiger partial charge in [0.05, 0.1) is 0 Å². The summed E-state index contributed by atoms with van der Waals surface area (Å²) in [6, 6.07) is 0.104. The van der Waals surface area contributed by atoms with Crippen molar-refractivity contribution in [2.45, 2.75) is 12.5 Å². The van der Waals surface area contributed by atoms with Crippen LogP contribution in [-0.4, -0.2) is 12.3 Å². The number of rotatable bonds is 1. The van der Waals surface area contributed by atoms with E-state index < -0.39 is 0 Å². The molecule has 0 aliphatic heterocycles. The van der Waals surface area contributed by atoms with Crippen molar-refractivity contribution in [3.63, 3.8) is 0 Å². The van der Waals surface area contributed by atoms with E-state index in [1.807, 2.05) is 0 Å². The largest absolute Gasteiger partial charge is 0.327 e. The molecule has 0 radical (unpaired) electrons. The van der Waals surface area contributed by atoms with Crippen LogP contribution in [0.1, 0.15) is 6.42 Å². The van der Waals surface area contributed by atoms with E-state index in [9.17, 15) is 4.79 Å². The third kappa shape index (κ3) is 0.598. The normalized spacial score (nSPS) is 50.1. The van der Waals surface area contributed by atoms with E-state index in [1.54, 1.807) is 0 Å². The molecule has 0 aromatic carbocycles. The monoisotopic (exact) mass is 137 g/mol. The molecule has 2 nitrogen and oxygen atoms in total. The first kappa shape index (κ1) is 6.10. The van der Waals surface area contributed by atoms with Crippen molar-refractivity contribution in [3.8, 4) is 0 Å². The van der Waals surface area contributed by atoms with Crippen LogP contribution in [0.15, 0.2) is 12.2 Å². The van der Waals surface area contributed by atoms with Gasteiger partial charge in [-0.15, -0.1) is 0 Å². The lowest BCUT2D eigenvalue weighted by Crippen LogP contribution is -2.34. The van der Waals surface area contributed by atoms with Gasteiger partial charge in [-0.1, -0.05) is 12.2 Å². The molecule has 0 aromatic rings. The van der Waals surface area contributed by atoms with Crippen LogP contribution < -0.4 is 5.73 Å². The Morgan fingerprint density at radius 3 is 2.50 bits per heavy atom. The van der Waals surface area contributed by atoms with Crippen molar-refractivity contribution in [2.24, 2.45) is 23.5 Å². The fourth-order valence-electron chi connectivity index (χ4n) is 2.09. The third-order valence-electron chi connectivity index (χ3n) is 2.74. The molecule has 2 bridgehead atoms. The number of carbonyl (C=O) groups is 1. The highest BCUT2D eigenvalue weighted by Crippen LogP contribution is 2.41. The summed E-state index contributed by atoms with van der Waals surface area (Å²) in [6.07, 6.45) is 6.39. The van der Waals surface area contributed by atoms with E-state index in [4.69, 9.17) is 5.73 Å². The number of nitrogens with two attached hydrogens (primary N) is 1. The second kappa shape index (κ2) is 1.92. The first-order chi connectivity index (χ1) is 4.83. The quantitative estimate of drug-likeness (QED) is 0.418. The van der Waals surface area contributed by atoms with Gasteiger partial charge in [-0.25, -0.2) is 0 Å². The maximum Gasteiger partial charge on any atom is 0.125 e. The summed E-state index contributed by atoms with van der Waals surface area (Å²) in [5.74, 6) is 1.05. The topological polar surface area (TPSA) is 43.1 Å². The summed E-state index contributed by atoms with van der Waals surface area (Å²) >= 11 is 0. The zero-order valence-electron chi connectivity index (χ0n) is 5.73. The van der Waals surface area contributed by atoms with Gasteiger partial charge in [0, 0.05) is 12.0 Å². The summed E-state index contributed by atoms with van der Waals surface area (Å²) in [5.41, 5.74) is 5.79. The fourth-order valence-corrected chi connectivity index (χ4v) is 2.09. The van der Waals surface area contributed by atoms with Crippen LogP contribution in [0.5, 0.6) is 0 Å². The highest BCUT2D eigenvalue weighted by atomic mass is 16.1. The van der Waals surface area contributed by atoms with Crippen LogP contribution in [0, 0.1) is 17.8 Å². The number of carbonyl (C=O) groups excluding carboxylic acids is 1. The summed E-state index contributed by atoms with van der Waals surface area (Å²) in [6.45, 7) is 0. The smallest absolute Gasteiger partial charge is 0.125 e. The van der Waals surface area contributed by atoms with Gasteiger partial charge < -0.3 is 10.5 Å². The van der Waals surface area contributed by atoms with Gasteiger partial charge in [0.25, 0.3) is 0 Å². The molecule has 54 valence electrons. The lowest BCUT2D eigenvalue weighted by atomic mass is 9.91. The van der Waals surface area contributed by atoms with Gasteiger partial charge in [0.1, 0.15) is 6.29 Å². The Kier molecular flexibility index (Phi) is 1.17. The lowest BCUT2D eigenvalue weighted by molar-refractivity contribution is -0.112. The molecule has 0 aromatic heterocycles. The Labute approximate surface area is 60.1 Å². The molecule has 2 N–H and O–H groups in total. The van der Waals surface area contributed by atoms with Crippen molar-refractivity contribution in [2.75, 3.05) is 0 Å². The van der Waals surface area contributed by atoms with Crippen LogP contribution in [0.4, 0.5) is 0 Å². The molecule has 2 heteroatoms. The molecule has 1 fully saturated rings. The van der Waals surface area contributed by atoms with Gasteiger partial charge in [-0.2, -0.15) is 0 Å². The summed E-state index contributed by atoms with van der Waals surface area (Å²) < 4.78 is 0. The molecule has 2 rings (SSSR count). The Bertz CT molecular complexity index is 188. The van der Waals surface area contributed by atoms with Crippen LogP contribution >= 0.6 is 0 Å². The summed E-state index contributed by atoms with van der Waals surface area (Å²) in [4.78, 5) is 10.5.